The van der Waals surface area contributed by atoms with E-state index in [4.69, 9.17) is 4.74 Å². The lowest BCUT2D eigenvalue weighted by molar-refractivity contribution is -0.151. The summed E-state index contributed by atoms with van der Waals surface area (Å²) in [5.74, 6) is -0.765. The Kier molecular flexibility index (Phi) is 5.88. The molecule has 1 saturated carbocycles. The third kappa shape index (κ3) is 4.71. The number of esters is 1. The minimum absolute atomic E-state index is 0.0693. The summed E-state index contributed by atoms with van der Waals surface area (Å²) < 4.78 is 6.96. The SMILES string of the molecule is Cc1ccc(N2CC(C(=O)OCC(=O)Nc3cc(C4CC4)nn3-c3ccccc3)CC2=O)cc1. The second-order valence-electron chi connectivity index (χ2n) is 8.87. The van der Waals surface area contributed by atoms with Crippen LogP contribution >= 0.6 is 0 Å². The Balaban J connectivity index is 1.19. The van der Waals surface area contributed by atoms with Crippen LogP contribution in [0.1, 0.15) is 36.4 Å². The number of carbonyl (C=O) groups is 3. The van der Waals surface area contributed by atoms with Crippen molar-refractivity contribution < 1.29 is 19.1 Å². The predicted molar refractivity (Wildman–Crippen MR) is 127 cm³/mol. The molecule has 2 aromatic carbocycles. The summed E-state index contributed by atoms with van der Waals surface area (Å²) in [6.45, 7) is 1.79. The molecule has 8 heteroatoms. The second kappa shape index (κ2) is 9.13. The maximum atomic E-state index is 12.6. The van der Waals surface area contributed by atoms with Gasteiger partial charge in [-0.15, -0.1) is 0 Å². The average molecular weight is 459 g/mol. The van der Waals surface area contributed by atoms with Crippen molar-refractivity contribution in [3.63, 3.8) is 0 Å². The number of nitrogens with zero attached hydrogens (tertiary/aromatic N) is 3. The number of rotatable bonds is 7. The van der Waals surface area contributed by atoms with Gasteiger partial charge in [0.15, 0.2) is 6.61 Å². The molecule has 8 nitrogen and oxygen atoms in total. The first-order valence-electron chi connectivity index (χ1n) is 11.5. The van der Waals surface area contributed by atoms with Crippen LogP contribution in [-0.2, 0) is 19.1 Å². The van der Waals surface area contributed by atoms with Gasteiger partial charge < -0.3 is 15.0 Å². The fourth-order valence-electron chi connectivity index (χ4n) is 4.11. The Morgan fingerprint density at radius 3 is 2.50 bits per heavy atom. The number of nitrogens with one attached hydrogen (secondary N) is 1. The summed E-state index contributed by atoms with van der Waals surface area (Å²) in [6.07, 6.45) is 2.26. The van der Waals surface area contributed by atoms with Gasteiger partial charge in [-0.2, -0.15) is 5.10 Å². The average Bonchev–Trinajstić information content (AvgIpc) is 3.50. The lowest BCUT2D eigenvalue weighted by Crippen LogP contribution is -2.28. The van der Waals surface area contributed by atoms with Crippen molar-refractivity contribution >= 4 is 29.3 Å². The first-order valence-corrected chi connectivity index (χ1v) is 11.5. The molecule has 2 amide bonds. The predicted octanol–water partition coefficient (Wildman–Crippen LogP) is 3.59. The van der Waals surface area contributed by atoms with E-state index in [2.05, 4.69) is 10.4 Å². The molecule has 0 radical (unpaired) electrons. The number of para-hydroxylation sites is 1. The highest BCUT2D eigenvalue weighted by Crippen LogP contribution is 2.40. The number of hydrogen-bond acceptors (Lipinski definition) is 5. The van der Waals surface area contributed by atoms with E-state index in [9.17, 15) is 14.4 Å². The Morgan fingerprint density at radius 1 is 1.06 bits per heavy atom. The van der Waals surface area contributed by atoms with Crippen molar-refractivity contribution in [2.75, 3.05) is 23.4 Å². The molecule has 2 heterocycles. The summed E-state index contributed by atoms with van der Waals surface area (Å²) in [4.78, 5) is 39.2. The van der Waals surface area contributed by atoms with Crippen LogP contribution in [0.5, 0.6) is 0 Å². The zero-order chi connectivity index (χ0) is 23.7. The highest BCUT2D eigenvalue weighted by Gasteiger charge is 2.36. The van der Waals surface area contributed by atoms with Crippen molar-refractivity contribution in [3.8, 4) is 5.69 Å². The highest BCUT2D eigenvalue weighted by atomic mass is 16.5. The number of aromatic nitrogens is 2. The Labute approximate surface area is 197 Å². The van der Waals surface area contributed by atoms with Crippen LogP contribution in [0.25, 0.3) is 5.69 Å². The van der Waals surface area contributed by atoms with E-state index in [0.717, 1.165) is 35.5 Å². The summed E-state index contributed by atoms with van der Waals surface area (Å²) in [7, 11) is 0. The van der Waals surface area contributed by atoms with Crippen molar-refractivity contribution in [2.45, 2.75) is 32.1 Å². The third-order valence-electron chi connectivity index (χ3n) is 6.14. The lowest BCUT2D eigenvalue weighted by Gasteiger charge is -2.16. The maximum Gasteiger partial charge on any atom is 0.311 e. The molecule has 1 aromatic heterocycles. The Hall–Kier alpha value is -3.94. The van der Waals surface area contributed by atoms with E-state index < -0.39 is 24.4 Å². The molecule has 2 aliphatic rings. The molecule has 1 N–H and O–H groups in total. The van der Waals surface area contributed by atoms with Gasteiger partial charge in [-0.1, -0.05) is 35.9 Å². The Bertz CT molecular complexity index is 1220. The minimum atomic E-state index is -0.599. The molecular weight excluding hydrogens is 432 g/mol. The molecule has 1 aliphatic carbocycles. The minimum Gasteiger partial charge on any atom is -0.455 e. The molecule has 5 rings (SSSR count). The summed E-state index contributed by atoms with van der Waals surface area (Å²) in [5, 5.41) is 7.47. The number of carbonyl (C=O) groups excluding carboxylic acids is 3. The second-order valence-corrected chi connectivity index (χ2v) is 8.87. The van der Waals surface area contributed by atoms with Gasteiger partial charge in [-0.3, -0.25) is 14.4 Å². The van der Waals surface area contributed by atoms with E-state index in [1.807, 2.05) is 67.6 Å². The fourth-order valence-corrected chi connectivity index (χ4v) is 4.11. The van der Waals surface area contributed by atoms with Crippen LogP contribution in [0.3, 0.4) is 0 Å². The van der Waals surface area contributed by atoms with Gasteiger partial charge in [-0.25, -0.2) is 4.68 Å². The molecule has 2 fully saturated rings. The zero-order valence-corrected chi connectivity index (χ0v) is 18.9. The first kappa shape index (κ1) is 21.9. The number of hydrogen-bond donors (Lipinski definition) is 1. The van der Waals surface area contributed by atoms with Crippen molar-refractivity contribution in [1.29, 1.82) is 0 Å². The molecule has 1 unspecified atom stereocenters. The van der Waals surface area contributed by atoms with E-state index in [0.29, 0.717) is 11.7 Å². The molecule has 34 heavy (non-hydrogen) atoms. The van der Waals surface area contributed by atoms with Gasteiger partial charge >= 0.3 is 5.97 Å². The first-order chi connectivity index (χ1) is 16.5. The van der Waals surface area contributed by atoms with Crippen LogP contribution < -0.4 is 10.2 Å². The van der Waals surface area contributed by atoms with Crippen molar-refractivity contribution in [2.24, 2.45) is 5.92 Å². The number of benzene rings is 2. The smallest absolute Gasteiger partial charge is 0.311 e. The van der Waals surface area contributed by atoms with E-state index in [-0.39, 0.29) is 18.9 Å². The third-order valence-corrected chi connectivity index (χ3v) is 6.14. The topological polar surface area (TPSA) is 93.5 Å². The molecule has 0 spiro atoms. The molecule has 1 saturated heterocycles. The quantitative estimate of drug-likeness (QED) is 0.546. The number of ether oxygens (including phenoxy) is 1. The zero-order valence-electron chi connectivity index (χ0n) is 18.9. The Morgan fingerprint density at radius 2 is 1.79 bits per heavy atom. The lowest BCUT2D eigenvalue weighted by atomic mass is 10.1. The highest BCUT2D eigenvalue weighted by molar-refractivity contribution is 6.00. The van der Waals surface area contributed by atoms with Crippen LogP contribution in [0.15, 0.2) is 60.7 Å². The van der Waals surface area contributed by atoms with Crippen molar-refractivity contribution in [3.05, 3.63) is 71.9 Å². The largest absolute Gasteiger partial charge is 0.455 e. The van der Waals surface area contributed by atoms with E-state index >= 15 is 0 Å². The standard InChI is InChI=1S/C26H26N4O4/c1-17-7-11-20(12-8-17)29-15-19(13-25(29)32)26(33)34-16-24(31)27-23-14-22(18-9-10-18)28-30(23)21-5-3-2-4-6-21/h2-8,11-12,14,18-19H,9-10,13,15-16H2,1H3,(H,27,31). The molecule has 1 aliphatic heterocycles. The summed E-state index contributed by atoms with van der Waals surface area (Å²) >= 11 is 0. The van der Waals surface area contributed by atoms with Gasteiger partial charge in [0.2, 0.25) is 5.91 Å². The van der Waals surface area contributed by atoms with Gasteiger partial charge in [0, 0.05) is 30.6 Å². The number of aryl methyl sites for hydroxylation is 1. The fraction of sp³-hybridized carbons (Fsp3) is 0.308. The number of amides is 2. The van der Waals surface area contributed by atoms with Crippen LogP contribution in [0.2, 0.25) is 0 Å². The molecule has 3 aromatic rings. The van der Waals surface area contributed by atoms with Crippen LogP contribution in [-0.4, -0.2) is 40.7 Å². The van der Waals surface area contributed by atoms with Gasteiger partial charge in [0.25, 0.3) is 5.91 Å². The molecule has 1 atom stereocenters. The summed E-state index contributed by atoms with van der Waals surface area (Å²) in [5.41, 5.74) is 3.62. The monoisotopic (exact) mass is 458 g/mol. The van der Waals surface area contributed by atoms with E-state index in [1.54, 1.807) is 9.58 Å². The van der Waals surface area contributed by atoms with Gasteiger partial charge in [0.1, 0.15) is 5.82 Å². The van der Waals surface area contributed by atoms with Crippen LogP contribution in [0, 0.1) is 12.8 Å². The maximum absolute atomic E-state index is 12.6. The summed E-state index contributed by atoms with van der Waals surface area (Å²) in [6, 6.07) is 19.0. The van der Waals surface area contributed by atoms with Gasteiger partial charge in [-0.05, 0) is 44.0 Å². The van der Waals surface area contributed by atoms with Crippen LogP contribution in [0.4, 0.5) is 11.5 Å². The molecular formula is C26H26N4O4. The molecule has 174 valence electrons. The van der Waals surface area contributed by atoms with E-state index in [1.165, 1.54) is 0 Å². The van der Waals surface area contributed by atoms with Gasteiger partial charge in [0.05, 0.1) is 17.3 Å². The van der Waals surface area contributed by atoms with Crippen molar-refractivity contribution in [1.82, 2.24) is 9.78 Å². The number of anilines is 2. The molecule has 0 bridgehead atoms. The normalized spacial score (nSPS) is 17.6.